The summed E-state index contributed by atoms with van der Waals surface area (Å²) in [6.45, 7) is 6.35. The van der Waals surface area contributed by atoms with Crippen molar-refractivity contribution >= 4 is 0 Å². The first kappa shape index (κ1) is 12.8. The zero-order valence-electron chi connectivity index (χ0n) is 11.4. The van der Waals surface area contributed by atoms with Crippen LogP contribution in [0.5, 0.6) is 0 Å². The lowest BCUT2D eigenvalue weighted by atomic mass is 9.95. The summed E-state index contributed by atoms with van der Waals surface area (Å²) in [4.78, 5) is 0. The van der Waals surface area contributed by atoms with Gasteiger partial charge in [0.2, 0.25) is 0 Å². The molecule has 0 saturated heterocycles. The van der Waals surface area contributed by atoms with Crippen molar-refractivity contribution in [2.75, 3.05) is 0 Å². The molecule has 0 bridgehead atoms. The average Bonchev–Trinajstić information content (AvgIpc) is 2.32. The first-order valence-corrected chi connectivity index (χ1v) is 6.44. The van der Waals surface area contributed by atoms with Crippen LogP contribution in [-0.2, 0) is 6.42 Å². The predicted octanol–water partition coefficient (Wildman–Crippen LogP) is 3.85. The lowest BCUT2D eigenvalue weighted by molar-refractivity contribution is 0.716. The zero-order chi connectivity index (χ0) is 13.1. The maximum absolute atomic E-state index is 6.32. The molecule has 0 radical (unpaired) electrons. The summed E-state index contributed by atoms with van der Waals surface area (Å²) in [7, 11) is 0. The Kier molecular flexibility index (Phi) is 3.83. The average molecular weight is 239 g/mol. The molecule has 2 N–H and O–H groups in total. The van der Waals surface area contributed by atoms with E-state index in [9.17, 15) is 0 Å². The van der Waals surface area contributed by atoms with Crippen molar-refractivity contribution in [1.82, 2.24) is 0 Å². The second-order valence-electron chi connectivity index (χ2n) is 5.16. The fourth-order valence-corrected chi connectivity index (χ4v) is 2.33. The SMILES string of the molecule is Cc1ccc(CC(N)c2ccc(C)cc2C)cc1. The van der Waals surface area contributed by atoms with E-state index in [1.54, 1.807) is 0 Å². The summed E-state index contributed by atoms with van der Waals surface area (Å²) in [6, 6.07) is 15.2. The van der Waals surface area contributed by atoms with Gasteiger partial charge in [-0.25, -0.2) is 0 Å². The highest BCUT2D eigenvalue weighted by Crippen LogP contribution is 2.20. The molecule has 1 unspecified atom stereocenters. The minimum Gasteiger partial charge on any atom is -0.324 e. The van der Waals surface area contributed by atoms with Crippen LogP contribution < -0.4 is 5.73 Å². The van der Waals surface area contributed by atoms with E-state index in [1.807, 2.05) is 0 Å². The molecule has 0 spiro atoms. The lowest BCUT2D eigenvalue weighted by Crippen LogP contribution is -2.14. The van der Waals surface area contributed by atoms with Gasteiger partial charge < -0.3 is 5.73 Å². The second kappa shape index (κ2) is 5.36. The zero-order valence-corrected chi connectivity index (χ0v) is 11.4. The van der Waals surface area contributed by atoms with E-state index in [1.165, 1.54) is 27.8 Å². The number of benzene rings is 2. The molecule has 18 heavy (non-hydrogen) atoms. The van der Waals surface area contributed by atoms with Gasteiger partial charge in [0.25, 0.3) is 0 Å². The molecular formula is C17H21N. The van der Waals surface area contributed by atoms with E-state index in [-0.39, 0.29) is 6.04 Å². The van der Waals surface area contributed by atoms with Gasteiger partial charge in [-0.1, -0.05) is 53.6 Å². The van der Waals surface area contributed by atoms with Crippen molar-refractivity contribution in [3.8, 4) is 0 Å². The Morgan fingerprint density at radius 1 is 0.889 bits per heavy atom. The first-order chi connectivity index (χ1) is 8.56. The molecule has 1 atom stereocenters. The van der Waals surface area contributed by atoms with Crippen LogP contribution in [0.25, 0.3) is 0 Å². The van der Waals surface area contributed by atoms with Crippen LogP contribution in [0, 0.1) is 20.8 Å². The van der Waals surface area contributed by atoms with Gasteiger partial charge in [-0.3, -0.25) is 0 Å². The van der Waals surface area contributed by atoms with Gasteiger partial charge in [-0.2, -0.15) is 0 Å². The highest BCUT2D eigenvalue weighted by molar-refractivity contribution is 5.34. The maximum atomic E-state index is 6.32. The fourth-order valence-electron chi connectivity index (χ4n) is 2.33. The summed E-state index contributed by atoms with van der Waals surface area (Å²) in [6.07, 6.45) is 0.893. The molecule has 0 fully saturated rings. The molecule has 0 heterocycles. The van der Waals surface area contributed by atoms with Crippen LogP contribution >= 0.6 is 0 Å². The van der Waals surface area contributed by atoms with Crippen molar-refractivity contribution in [2.45, 2.75) is 33.2 Å². The van der Waals surface area contributed by atoms with E-state index in [4.69, 9.17) is 5.73 Å². The Morgan fingerprint density at radius 2 is 1.50 bits per heavy atom. The van der Waals surface area contributed by atoms with Gasteiger partial charge in [0.15, 0.2) is 0 Å². The summed E-state index contributed by atoms with van der Waals surface area (Å²) >= 11 is 0. The molecule has 1 heteroatoms. The third-order valence-corrected chi connectivity index (χ3v) is 3.40. The van der Waals surface area contributed by atoms with Crippen LogP contribution in [0.4, 0.5) is 0 Å². The highest BCUT2D eigenvalue weighted by atomic mass is 14.6. The van der Waals surface area contributed by atoms with Crippen molar-refractivity contribution in [1.29, 1.82) is 0 Å². The largest absolute Gasteiger partial charge is 0.324 e. The van der Waals surface area contributed by atoms with Crippen molar-refractivity contribution < 1.29 is 0 Å². The van der Waals surface area contributed by atoms with Gasteiger partial charge >= 0.3 is 0 Å². The molecular weight excluding hydrogens is 218 g/mol. The summed E-state index contributed by atoms with van der Waals surface area (Å²) in [5.41, 5.74) is 12.7. The Morgan fingerprint density at radius 3 is 2.11 bits per heavy atom. The van der Waals surface area contributed by atoms with Crippen molar-refractivity contribution in [3.05, 3.63) is 70.3 Å². The minimum atomic E-state index is 0.0771. The van der Waals surface area contributed by atoms with E-state index in [0.29, 0.717) is 0 Å². The summed E-state index contributed by atoms with van der Waals surface area (Å²) in [5, 5.41) is 0. The maximum Gasteiger partial charge on any atom is 0.0338 e. The second-order valence-corrected chi connectivity index (χ2v) is 5.16. The summed E-state index contributed by atoms with van der Waals surface area (Å²) < 4.78 is 0. The molecule has 0 amide bonds. The molecule has 94 valence electrons. The monoisotopic (exact) mass is 239 g/mol. The molecule has 0 aromatic heterocycles. The number of nitrogens with two attached hydrogens (primary N) is 1. The fraction of sp³-hybridized carbons (Fsp3) is 0.294. The van der Waals surface area contributed by atoms with Gasteiger partial charge in [0.05, 0.1) is 0 Å². The number of rotatable bonds is 3. The summed E-state index contributed by atoms with van der Waals surface area (Å²) in [5.74, 6) is 0. The van der Waals surface area contributed by atoms with Crippen LogP contribution in [0.1, 0.15) is 33.9 Å². The van der Waals surface area contributed by atoms with E-state index in [2.05, 4.69) is 63.2 Å². The lowest BCUT2D eigenvalue weighted by Gasteiger charge is -2.15. The predicted molar refractivity (Wildman–Crippen MR) is 77.7 cm³/mol. The van der Waals surface area contributed by atoms with Crippen LogP contribution in [0.3, 0.4) is 0 Å². The quantitative estimate of drug-likeness (QED) is 0.865. The van der Waals surface area contributed by atoms with Gasteiger partial charge in [-0.05, 0) is 43.9 Å². The van der Waals surface area contributed by atoms with Crippen LogP contribution in [0.15, 0.2) is 42.5 Å². The number of hydrogen-bond donors (Lipinski definition) is 1. The topological polar surface area (TPSA) is 26.0 Å². The number of hydrogen-bond acceptors (Lipinski definition) is 1. The first-order valence-electron chi connectivity index (χ1n) is 6.44. The molecule has 2 aromatic rings. The van der Waals surface area contributed by atoms with Gasteiger partial charge in [0.1, 0.15) is 0 Å². The van der Waals surface area contributed by atoms with Gasteiger partial charge in [0, 0.05) is 6.04 Å². The van der Waals surface area contributed by atoms with Crippen molar-refractivity contribution in [2.24, 2.45) is 5.73 Å². The Hall–Kier alpha value is -1.60. The van der Waals surface area contributed by atoms with Gasteiger partial charge in [-0.15, -0.1) is 0 Å². The van der Waals surface area contributed by atoms with Crippen LogP contribution in [-0.4, -0.2) is 0 Å². The molecule has 0 saturated carbocycles. The number of aryl methyl sites for hydroxylation is 3. The van der Waals surface area contributed by atoms with Crippen molar-refractivity contribution in [3.63, 3.8) is 0 Å². The molecule has 0 aliphatic carbocycles. The Bertz CT molecular complexity index is 526. The van der Waals surface area contributed by atoms with E-state index in [0.717, 1.165) is 6.42 Å². The smallest absolute Gasteiger partial charge is 0.0338 e. The Balaban J connectivity index is 2.16. The third kappa shape index (κ3) is 2.99. The molecule has 0 aliphatic rings. The normalized spacial score (nSPS) is 12.4. The molecule has 1 nitrogen and oxygen atoms in total. The third-order valence-electron chi connectivity index (χ3n) is 3.40. The van der Waals surface area contributed by atoms with Crippen LogP contribution in [0.2, 0.25) is 0 Å². The molecule has 2 aromatic carbocycles. The van der Waals surface area contributed by atoms with E-state index >= 15 is 0 Å². The Labute approximate surface area is 110 Å². The van der Waals surface area contributed by atoms with E-state index < -0.39 is 0 Å². The highest BCUT2D eigenvalue weighted by Gasteiger charge is 2.09. The molecule has 0 aliphatic heterocycles. The minimum absolute atomic E-state index is 0.0771. The standard InChI is InChI=1S/C17H21N/c1-12-4-7-15(8-5-12)11-17(18)16-9-6-13(2)10-14(16)3/h4-10,17H,11,18H2,1-3H3. The molecule has 2 rings (SSSR count).